The number of esters is 1. The summed E-state index contributed by atoms with van der Waals surface area (Å²) >= 11 is 1.39. The van der Waals surface area contributed by atoms with E-state index in [1.165, 1.54) is 11.8 Å². The molecule has 126 valence electrons. The second kappa shape index (κ2) is 7.63. The van der Waals surface area contributed by atoms with Crippen molar-refractivity contribution in [2.75, 3.05) is 18.9 Å². The Morgan fingerprint density at radius 2 is 2.17 bits per heavy atom. The second-order valence-electron chi connectivity index (χ2n) is 5.26. The minimum Gasteiger partial charge on any atom is -0.465 e. The van der Waals surface area contributed by atoms with Crippen LogP contribution in [0.25, 0.3) is 0 Å². The fourth-order valence-electron chi connectivity index (χ4n) is 2.48. The molecule has 1 unspecified atom stereocenters. The van der Waals surface area contributed by atoms with Gasteiger partial charge in [0.2, 0.25) is 5.91 Å². The summed E-state index contributed by atoms with van der Waals surface area (Å²) in [6.45, 7) is 5.87. The van der Waals surface area contributed by atoms with Gasteiger partial charge in [0, 0.05) is 23.6 Å². The molecule has 0 aliphatic carbocycles. The van der Waals surface area contributed by atoms with Crippen molar-refractivity contribution in [1.29, 1.82) is 0 Å². The number of nitrogens with zero attached hydrogens (tertiary/aromatic N) is 2. The summed E-state index contributed by atoms with van der Waals surface area (Å²) in [6.07, 6.45) is 0.613. The molecule has 0 aromatic carbocycles. The van der Waals surface area contributed by atoms with Gasteiger partial charge in [-0.25, -0.2) is 4.98 Å². The SMILES string of the molecule is CCOC(=O)CNC(=O)C1CSc2nc(C)c(CC)c(=O)n2C1. The number of fused-ring (bicyclic) bond motifs is 1. The van der Waals surface area contributed by atoms with E-state index in [-0.39, 0.29) is 37.1 Å². The van der Waals surface area contributed by atoms with E-state index in [0.717, 1.165) is 5.69 Å². The molecule has 1 amide bonds. The minimum atomic E-state index is -0.465. The molecule has 23 heavy (non-hydrogen) atoms. The van der Waals surface area contributed by atoms with Crippen LogP contribution in [-0.4, -0.2) is 40.3 Å². The standard InChI is InChI=1S/C15H21N3O4S/c1-4-11-9(3)17-15-18(14(11)21)7-10(8-23-15)13(20)16-6-12(19)22-5-2/h10H,4-8H2,1-3H3,(H,16,20). The smallest absolute Gasteiger partial charge is 0.325 e. The van der Waals surface area contributed by atoms with Crippen LogP contribution in [0.4, 0.5) is 0 Å². The Hall–Kier alpha value is -1.83. The first kappa shape index (κ1) is 17.5. The molecule has 0 spiro atoms. The Bertz CT molecular complexity index is 671. The van der Waals surface area contributed by atoms with Crippen molar-refractivity contribution in [3.05, 3.63) is 21.6 Å². The van der Waals surface area contributed by atoms with E-state index in [2.05, 4.69) is 10.3 Å². The first-order valence-corrected chi connectivity index (χ1v) is 8.62. The summed E-state index contributed by atoms with van der Waals surface area (Å²) in [5, 5.41) is 3.22. The largest absolute Gasteiger partial charge is 0.465 e. The van der Waals surface area contributed by atoms with Crippen LogP contribution in [0.1, 0.15) is 25.1 Å². The van der Waals surface area contributed by atoms with E-state index in [0.29, 0.717) is 22.9 Å². The van der Waals surface area contributed by atoms with Crippen LogP contribution in [0.5, 0.6) is 0 Å². The van der Waals surface area contributed by atoms with Crippen molar-refractivity contribution >= 4 is 23.6 Å². The minimum absolute atomic E-state index is 0.0783. The maximum atomic E-state index is 12.5. The van der Waals surface area contributed by atoms with Gasteiger partial charge < -0.3 is 10.1 Å². The third kappa shape index (κ3) is 3.93. The van der Waals surface area contributed by atoms with Crippen molar-refractivity contribution < 1.29 is 14.3 Å². The number of rotatable bonds is 5. The second-order valence-corrected chi connectivity index (χ2v) is 6.25. The van der Waals surface area contributed by atoms with Gasteiger partial charge in [0.1, 0.15) is 6.54 Å². The maximum absolute atomic E-state index is 12.5. The van der Waals surface area contributed by atoms with E-state index in [9.17, 15) is 14.4 Å². The maximum Gasteiger partial charge on any atom is 0.325 e. The summed E-state index contributed by atoms with van der Waals surface area (Å²) < 4.78 is 6.34. The van der Waals surface area contributed by atoms with Crippen molar-refractivity contribution in [1.82, 2.24) is 14.9 Å². The molecule has 0 saturated carbocycles. The van der Waals surface area contributed by atoms with Crippen molar-refractivity contribution in [2.24, 2.45) is 5.92 Å². The summed E-state index contributed by atoms with van der Waals surface area (Å²) in [5.41, 5.74) is 1.36. The fraction of sp³-hybridized carbons (Fsp3) is 0.600. The molecule has 1 aliphatic rings. The Labute approximate surface area is 138 Å². The highest BCUT2D eigenvalue weighted by molar-refractivity contribution is 7.99. The lowest BCUT2D eigenvalue weighted by atomic mass is 10.1. The quantitative estimate of drug-likeness (QED) is 0.621. The zero-order chi connectivity index (χ0) is 17.0. The van der Waals surface area contributed by atoms with Crippen molar-refractivity contribution in [2.45, 2.75) is 38.9 Å². The number of aryl methyl sites for hydroxylation is 1. The molecule has 1 atom stereocenters. The average Bonchev–Trinajstić information content (AvgIpc) is 2.53. The molecule has 1 aromatic heterocycles. The van der Waals surface area contributed by atoms with Gasteiger partial charge in [0.15, 0.2) is 5.16 Å². The zero-order valence-electron chi connectivity index (χ0n) is 13.5. The van der Waals surface area contributed by atoms with Crippen LogP contribution in [-0.2, 0) is 27.3 Å². The Morgan fingerprint density at radius 1 is 1.43 bits per heavy atom. The molecule has 1 aromatic rings. The average molecular weight is 339 g/mol. The van der Waals surface area contributed by atoms with Crippen LogP contribution in [0.3, 0.4) is 0 Å². The van der Waals surface area contributed by atoms with Crippen LogP contribution >= 0.6 is 11.8 Å². The van der Waals surface area contributed by atoms with Crippen LogP contribution in [0.15, 0.2) is 9.95 Å². The van der Waals surface area contributed by atoms with Gasteiger partial charge in [-0.05, 0) is 20.3 Å². The third-order valence-electron chi connectivity index (χ3n) is 3.69. The highest BCUT2D eigenvalue weighted by Gasteiger charge is 2.28. The van der Waals surface area contributed by atoms with Gasteiger partial charge in [-0.2, -0.15) is 0 Å². The van der Waals surface area contributed by atoms with Gasteiger partial charge in [-0.3, -0.25) is 19.0 Å². The van der Waals surface area contributed by atoms with E-state index < -0.39 is 5.97 Å². The Morgan fingerprint density at radius 3 is 2.83 bits per heavy atom. The van der Waals surface area contributed by atoms with Crippen LogP contribution in [0.2, 0.25) is 0 Å². The zero-order valence-corrected chi connectivity index (χ0v) is 14.4. The summed E-state index contributed by atoms with van der Waals surface area (Å²) in [5.74, 6) is -0.547. The Kier molecular flexibility index (Phi) is 5.81. The van der Waals surface area contributed by atoms with Gasteiger partial charge in [-0.15, -0.1) is 0 Å². The molecule has 8 heteroatoms. The number of hydrogen-bond donors (Lipinski definition) is 1. The molecular weight excluding hydrogens is 318 g/mol. The first-order valence-electron chi connectivity index (χ1n) is 7.64. The Balaban J connectivity index is 2.09. The predicted octanol–water partition coefficient (Wildman–Crippen LogP) is 0.515. The number of amides is 1. The van der Waals surface area contributed by atoms with E-state index in [1.807, 2.05) is 13.8 Å². The van der Waals surface area contributed by atoms with Gasteiger partial charge in [-0.1, -0.05) is 18.7 Å². The molecule has 7 nitrogen and oxygen atoms in total. The number of nitrogens with one attached hydrogen (secondary N) is 1. The first-order chi connectivity index (χ1) is 11.0. The van der Waals surface area contributed by atoms with Crippen LogP contribution in [0, 0.1) is 12.8 Å². The molecule has 0 saturated heterocycles. The van der Waals surface area contributed by atoms with Crippen molar-refractivity contribution in [3.63, 3.8) is 0 Å². The van der Waals surface area contributed by atoms with E-state index >= 15 is 0 Å². The highest BCUT2D eigenvalue weighted by atomic mass is 32.2. The lowest BCUT2D eigenvalue weighted by Crippen LogP contribution is -2.42. The molecule has 1 aliphatic heterocycles. The predicted molar refractivity (Wildman–Crippen MR) is 86.5 cm³/mol. The lowest BCUT2D eigenvalue weighted by Gasteiger charge is -2.25. The van der Waals surface area contributed by atoms with Gasteiger partial charge >= 0.3 is 5.97 Å². The number of carbonyl (C=O) groups excluding carboxylic acids is 2. The summed E-state index contributed by atoms with van der Waals surface area (Å²) in [4.78, 5) is 40.4. The molecule has 0 fully saturated rings. The summed E-state index contributed by atoms with van der Waals surface area (Å²) in [6, 6.07) is 0. The molecule has 0 radical (unpaired) electrons. The van der Waals surface area contributed by atoms with Crippen LogP contribution < -0.4 is 10.9 Å². The molecular formula is C15H21N3O4S. The number of ether oxygens (including phenoxy) is 1. The van der Waals surface area contributed by atoms with Gasteiger partial charge in [0.25, 0.3) is 5.56 Å². The lowest BCUT2D eigenvalue weighted by molar-refractivity contribution is -0.143. The molecule has 0 bridgehead atoms. The van der Waals surface area contributed by atoms with Crippen molar-refractivity contribution in [3.8, 4) is 0 Å². The number of thioether (sulfide) groups is 1. The monoisotopic (exact) mass is 339 g/mol. The molecule has 2 heterocycles. The normalized spacial score (nSPS) is 16.6. The number of aromatic nitrogens is 2. The fourth-order valence-corrected chi connectivity index (χ4v) is 3.60. The summed E-state index contributed by atoms with van der Waals surface area (Å²) in [7, 11) is 0. The number of carbonyl (C=O) groups is 2. The van der Waals surface area contributed by atoms with E-state index in [1.54, 1.807) is 11.5 Å². The third-order valence-corrected chi connectivity index (χ3v) is 4.83. The number of hydrogen-bond acceptors (Lipinski definition) is 6. The molecule has 1 N–H and O–H groups in total. The topological polar surface area (TPSA) is 90.3 Å². The molecule has 2 rings (SSSR count). The van der Waals surface area contributed by atoms with E-state index in [4.69, 9.17) is 4.74 Å². The van der Waals surface area contributed by atoms with Gasteiger partial charge in [0.05, 0.1) is 12.5 Å². The highest BCUT2D eigenvalue weighted by Crippen LogP contribution is 2.25.